The van der Waals surface area contributed by atoms with Gasteiger partial charge in [0.2, 0.25) is 0 Å². The Balaban J connectivity index is 2.19. The Bertz CT molecular complexity index is 545. The molecule has 0 unspecified atom stereocenters. The van der Waals surface area contributed by atoms with Crippen LogP contribution in [0.4, 0.5) is 10.2 Å². The van der Waals surface area contributed by atoms with Gasteiger partial charge in [0.25, 0.3) is 0 Å². The molecule has 100 valence electrons. The van der Waals surface area contributed by atoms with Gasteiger partial charge in [-0.2, -0.15) is 0 Å². The highest BCUT2D eigenvalue weighted by molar-refractivity contribution is 5.60. The average Bonchev–Trinajstić information content (AvgIpc) is 2.45. The average molecular weight is 262 g/mol. The lowest BCUT2D eigenvalue weighted by atomic mass is 10.1. The Morgan fingerprint density at radius 3 is 2.68 bits per heavy atom. The van der Waals surface area contributed by atoms with E-state index in [1.54, 1.807) is 24.3 Å². The third kappa shape index (κ3) is 3.17. The number of rotatable bonds is 5. The Labute approximate surface area is 110 Å². The number of nitrogens with zero attached hydrogens (tertiary/aromatic N) is 2. The van der Waals surface area contributed by atoms with Crippen LogP contribution in [0.2, 0.25) is 0 Å². The first-order valence-corrected chi connectivity index (χ1v) is 5.86. The smallest absolute Gasteiger partial charge is 0.165 e. The van der Waals surface area contributed by atoms with Crippen molar-refractivity contribution in [3.8, 4) is 17.0 Å². The summed E-state index contributed by atoms with van der Waals surface area (Å²) >= 11 is 0. The van der Waals surface area contributed by atoms with Gasteiger partial charge in [0.1, 0.15) is 5.82 Å². The summed E-state index contributed by atoms with van der Waals surface area (Å²) in [5.41, 5.74) is 6.62. The summed E-state index contributed by atoms with van der Waals surface area (Å²) in [6.45, 7) is 1.15. The second-order valence-corrected chi connectivity index (χ2v) is 3.87. The summed E-state index contributed by atoms with van der Waals surface area (Å²) in [6.07, 6.45) is 0. The van der Waals surface area contributed by atoms with Crippen molar-refractivity contribution in [3.05, 3.63) is 36.1 Å². The molecular weight excluding hydrogens is 247 g/mol. The molecule has 1 aromatic carbocycles. The first kappa shape index (κ1) is 13.2. The molecule has 0 radical (unpaired) electrons. The van der Waals surface area contributed by atoms with Gasteiger partial charge in [0, 0.05) is 18.7 Å². The number of anilines is 1. The lowest BCUT2D eigenvalue weighted by molar-refractivity contribution is 0.386. The highest BCUT2D eigenvalue weighted by atomic mass is 19.1. The maximum Gasteiger partial charge on any atom is 0.165 e. The normalized spacial score (nSPS) is 10.3. The predicted octanol–water partition coefficient (Wildman–Crippen LogP) is 1.66. The molecule has 1 aromatic heterocycles. The maximum absolute atomic E-state index is 13.6. The van der Waals surface area contributed by atoms with Crippen molar-refractivity contribution in [1.29, 1.82) is 0 Å². The molecule has 0 fully saturated rings. The molecule has 0 aliphatic rings. The molecule has 5 nitrogen and oxygen atoms in total. The first-order chi connectivity index (χ1) is 9.24. The lowest BCUT2D eigenvalue weighted by Crippen LogP contribution is -2.14. The maximum atomic E-state index is 13.6. The Morgan fingerprint density at radius 2 is 2.11 bits per heavy atom. The fourth-order valence-corrected chi connectivity index (χ4v) is 1.61. The van der Waals surface area contributed by atoms with Crippen molar-refractivity contribution in [2.45, 2.75) is 0 Å². The van der Waals surface area contributed by atoms with E-state index >= 15 is 0 Å². The van der Waals surface area contributed by atoms with Crippen molar-refractivity contribution < 1.29 is 9.13 Å². The second-order valence-electron chi connectivity index (χ2n) is 3.87. The molecule has 0 bridgehead atoms. The predicted molar refractivity (Wildman–Crippen MR) is 71.5 cm³/mol. The van der Waals surface area contributed by atoms with E-state index in [0.29, 0.717) is 30.2 Å². The zero-order valence-electron chi connectivity index (χ0n) is 10.6. The third-order valence-electron chi connectivity index (χ3n) is 2.56. The van der Waals surface area contributed by atoms with E-state index in [2.05, 4.69) is 15.5 Å². The van der Waals surface area contributed by atoms with Gasteiger partial charge in [-0.3, -0.25) is 0 Å². The van der Waals surface area contributed by atoms with Gasteiger partial charge in [-0.25, -0.2) is 4.39 Å². The molecule has 0 saturated carbocycles. The van der Waals surface area contributed by atoms with Crippen LogP contribution in [0.25, 0.3) is 11.3 Å². The molecule has 19 heavy (non-hydrogen) atoms. The minimum Gasteiger partial charge on any atom is -0.494 e. The van der Waals surface area contributed by atoms with Crippen molar-refractivity contribution in [1.82, 2.24) is 10.2 Å². The third-order valence-corrected chi connectivity index (χ3v) is 2.56. The zero-order chi connectivity index (χ0) is 13.7. The molecule has 0 saturated heterocycles. The van der Waals surface area contributed by atoms with Crippen molar-refractivity contribution in [2.24, 2.45) is 5.73 Å². The van der Waals surface area contributed by atoms with Crippen LogP contribution in [0.15, 0.2) is 30.3 Å². The number of benzene rings is 1. The minimum atomic E-state index is -0.424. The molecular formula is C13H15FN4O. The SMILES string of the molecule is COc1ccc(-c2ccc(NCCN)nn2)cc1F. The molecule has 0 aliphatic carbocycles. The summed E-state index contributed by atoms with van der Waals surface area (Å²) in [4.78, 5) is 0. The summed E-state index contributed by atoms with van der Waals surface area (Å²) in [7, 11) is 1.43. The number of aromatic nitrogens is 2. The monoisotopic (exact) mass is 262 g/mol. The van der Waals surface area contributed by atoms with Crippen LogP contribution in [0.1, 0.15) is 0 Å². The van der Waals surface area contributed by atoms with E-state index in [-0.39, 0.29) is 5.75 Å². The molecule has 0 amide bonds. The van der Waals surface area contributed by atoms with E-state index in [4.69, 9.17) is 10.5 Å². The molecule has 6 heteroatoms. The van der Waals surface area contributed by atoms with Gasteiger partial charge in [0.05, 0.1) is 12.8 Å². The minimum absolute atomic E-state index is 0.206. The standard InChI is InChI=1S/C13H15FN4O/c1-19-12-4-2-9(8-10(12)14)11-3-5-13(18-17-11)16-7-6-15/h2-5,8H,6-7,15H2,1H3,(H,16,18). The van der Waals surface area contributed by atoms with Crippen LogP contribution in [0.3, 0.4) is 0 Å². The molecule has 0 aliphatic heterocycles. The van der Waals surface area contributed by atoms with E-state index in [9.17, 15) is 4.39 Å². The van der Waals surface area contributed by atoms with Gasteiger partial charge < -0.3 is 15.8 Å². The lowest BCUT2D eigenvalue weighted by Gasteiger charge is -2.06. The first-order valence-electron chi connectivity index (χ1n) is 5.86. The van der Waals surface area contributed by atoms with Crippen LogP contribution in [-0.2, 0) is 0 Å². The Morgan fingerprint density at radius 1 is 1.26 bits per heavy atom. The fourth-order valence-electron chi connectivity index (χ4n) is 1.61. The zero-order valence-corrected chi connectivity index (χ0v) is 10.6. The molecule has 2 rings (SSSR count). The van der Waals surface area contributed by atoms with E-state index in [1.807, 2.05) is 0 Å². The van der Waals surface area contributed by atoms with Crippen LogP contribution < -0.4 is 15.8 Å². The molecule has 0 atom stereocenters. The molecule has 3 N–H and O–H groups in total. The molecule has 0 spiro atoms. The summed E-state index contributed by atoms with van der Waals surface area (Å²) in [5, 5.41) is 11.0. The van der Waals surface area contributed by atoms with Crippen molar-refractivity contribution in [3.63, 3.8) is 0 Å². The highest BCUT2D eigenvalue weighted by Crippen LogP contribution is 2.24. The highest BCUT2D eigenvalue weighted by Gasteiger charge is 2.06. The number of nitrogens with one attached hydrogen (secondary N) is 1. The van der Waals surface area contributed by atoms with Crippen LogP contribution in [-0.4, -0.2) is 30.4 Å². The van der Waals surface area contributed by atoms with Crippen LogP contribution >= 0.6 is 0 Å². The second kappa shape index (κ2) is 6.10. The van der Waals surface area contributed by atoms with Gasteiger partial charge in [-0.15, -0.1) is 10.2 Å². The fraction of sp³-hybridized carbons (Fsp3) is 0.231. The number of hydrogen-bond donors (Lipinski definition) is 2. The van der Waals surface area contributed by atoms with E-state index in [0.717, 1.165) is 0 Å². The van der Waals surface area contributed by atoms with Gasteiger partial charge in [0.15, 0.2) is 11.6 Å². The Kier molecular flexibility index (Phi) is 4.25. The largest absolute Gasteiger partial charge is 0.494 e. The summed E-state index contributed by atoms with van der Waals surface area (Å²) in [5.74, 6) is 0.424. The number of methoxy groups -OCH3 is 1. The number of ether oxygens (including phenoxy) is 1. The number of hydrogen-bond acceptors (Lipinski definition) is 5. The molecule has 2 aromatic rings. The van der Waals surface area contributed by atoms with E-state index < -0.39 is 5.82 Å². The summed E-state index contributed by atoms with van der Waals surface area (Å²) in [6, 6.07) is 8.22. The summed E-state index contributed by atoms with van der Waals surface area (Å²) < 4.78 is 18.4. The molecule has 1 heterocycles. The van der Waals surface area contributed by atoms with Gasteiger partial charge in [-0.1, -0.05) is 0 Å². The van der Waals surface area contributed by atoms with Gasteiger partial charge >= 0.3 is 0 Å². The van der Waals surface area contributed by atoms with Crippen LogP contribution in [0.5, 0.6) is 5.75 Å². The number of halogens is 1. The van der Waals surface area contributed by atoms with Crippen molar-refractivity contribution in [2.75, 3.05) is 25.5 Å². The van der Waals surface area contributed by atoms with Crippen LogP contribution in [0, 0.1) is 5.82 Å². The Hall–Kier alpha value is -2.21. The number of nitrogens with two attached hydrogens (primary N) is 1. The van der Waals surface area contributed by atoms with Gasteiger partial charge in [-0.05, 0) is 30.3 Å². The van der Waals surface area contributed by atoms with E-state index in [1.165, 1.54) is 13.2 Å². The van der Waals surface area contributed by atoms with Crippen molar-refractivity contribution >= 4 is 5.82 Å². The topological polar surface area (TPSA) is 73.1 Å². The quantitative estimate of drug-likeness (QED) is 0.857.